The lowest BCUT2D eigenvalue weighted by molar-refractivity contribution is -0.143. The van der Waals surface area contributed by atoms with E-state index < -0.39 is 5.97 Å². The molecule has 1 aromatic rings. The lowest BCUT2D eigenvalue weighted by Crippen LogP contribution is -2.10. The molecule has 1 aliphatic carbocycles. The Hall–Kier alpha value is -2.30. The highest BCUT2D eigenvalue weighted by Crippen LogP contribution is 2.39. The molecule has 0 radical (unpaired) electrons. The zero-order valence-corrected chi connectivity index (χ0v) is 16.4. The van der Waals surface area contributed by atoms with Crippen molar-refractivity contribution < 1.29 is 24.2 Å². The van der Waals surface area contributed by atoms with Gasteiger partial charge in [0, 0.05) is 11.1 Å². The van der Waals surface area contributed by atoms with E-state index in [0.29, 0.717) is 25.0 Å². The van der Waals surface area contributed by atoms with Crippen molar-refractivity contribution in [2.45, 2.75) is 65.9 Å². The molecule has 146 valence electrons. The first-order chi connectivity index (χ1) is 13.0. The summed E-state index contributed by atoms with van der Waals surface area (Å²) in [6.45, 7) is 6.52. The molecule has 0 unspecified atom stereocenters. The number of carbonyl (C=O) groups excluding carboxylic acids is 2. The summed E-state index contributed by atoms with van der Waals surface area (Å²) in [5.41, 5.74) is 5.33. The Labute approximate surface area is 160 Å². The molecule has 1 fully saturated rings. The molecular formula is C22H28O5. The molecule has 1 heterocycles. The fraction of sp³-hybridized carbons (Fsp3) is 0.545. The van der Waals surface area contributed by atoms with E-state index in [0.717, 1.165) is 47.9 Å². The van der Waals surface area contributed by atoms with Gasteiger partial charge in [0.2, 0.25) is 0 Å². The lowest BCUT2D eigenvalue weighted by atomic mass is 9.88. The fourth-order valence-electron chi connectivity index (χ4n) is 4.44. The smallest absolute Gasteiger partial charge is 0.342 e. The predicted molar refractivity (Wildman–Crippen MR) is 102 cm³/mol. The molecule has 1 aromatic carbocycles. The maximum absolute atomic E-state index is 12.0. The van der Waals surface area contributed by atoms with Gasteiger partial charge in [-0.1, -0.05) is 18.6 Å². The molecular weight excluding hydrogens is 344 g/mol. The van der Waals surface area contributed by atoms with Gasteiger partial charge in [0.05, 0.1) is 13.0 Å². The van der Waals surface area contributed by atoms with Crippen molar-refractivity contribution in [3.8, 4) is 5.75 Å². The summed E-state index contributed by atoms with van der Waals surface area (Å²) >= 11 is 0. The molecule has 1 saturated carbocycles. The van der Waals surface area contributed by atoms with Gasteiger partial charge in [-0.15, -0.1) is 0 Å². The van der Waals surface area contributed by atoms with Gasteiger partial charge >= 0.3 is 11.9 Å². The molecule has 5 nitrogen and oxygen atoms in total. The Morgan fingerprint density at radius 3 is 2.81 bits per heavy atom. The Bertz CT molecular complexity index is 791. The first kappa shape index (κ1) is 19.5. The molecule has 0 amide bonds. The molecule has 1 atom stereocenters. The first-order valence-electron chi connectivity index (χ1n) is 9.85. The number of rotatable bonds is 6. The van der Waals surface area contributed by atoms with Gasteiger partial charge in [-0.3, -0.25) is 4.79 Å². The van der Waals surface area contributed by atoms with E-state index in [2.05, 4.69) is 13.0 Å². The minimum absolute atomic E-state index is 0.0618. The number of allylic oxidation sites excluding steroid dienone is 2. The number of ether oxygens (including phenoxy) is 2. The molecule has 1 N–H and O–H groups in total. The molecule has 0 spiro atoms. The molecule has 0 saturated heterocycles. The topological polar surface area (TPSA) is 72.8 Å². The third-order valence-corrected chi connectivity index (χ3v) is 5.83. The van der Waals surface area contributed by atoms with Crippen molar-refractivity contribution in [1.29, 1.82) is 0 Å². The highest BCUT2D eigenvalue weighted by atomic mass is 16.5. The molecule has 1 aliphatic heterocycles. The summed E-state index contributed by atoms with van der Waals surface area (Å²) in [5.74, 6) is -0.310. The Balaban J connectivity index is 1.88. The van der Waals surface area contributed by atoms with Crippen LogP contribution in [-0.2, 0) is 33.7 Å². The van der Waals surface area contributed by atoms with Gasteiger partial charge in [-0.2, -0.15) is 0 Å². The van der Waals surface area contributed by atoms with Crippen LogP contribution in [0.25, 0.3) is 0 Å². The zero-order valence-electron chi connectivity index (χ0n) is 16.4. The summed E-state index contributed by atoms with van der Waals surface area (Å²) in [6, 6.07) is 0. The third-order valence-electron chi connectivity index (χ3n) is 5.83. The van der Waals surface area contributed by atoms with Crippen LogP contribution in [0.1, 0.15) is 72.1 Å². The van der Waals surface area contributed by atoms with E-state index in [1.165, 1.54) is 5.57 Å². The molecule has 27 heavy (non-hydrogen) atoms. The van der Waals surface area contributed by atoms with Crippen LogP contribution in [0.4, 0.5) is 0 Å². The molecule has 2 aliphatic rings. The van der Waals surface area contributed by atoms with Crippen molar-refractivity contribution >= 4 is 11.9 Å². The van der Waals surface area contributed by atoms with Crippen molar-refractivity contribution in [3.63, 3.8) is 0 Å². The average molecular weight is 372 g/mol. The van der Waals surface area contributed by atoms with Crippen LogP contribution in [0, 0.1) is 12.8 Å². The minimum Gasteiger partial charge on any atom is -0.507 e. The van der Waals surface area contributed by atoms with E-state index in [1.54, 1.807) is 0 Å². The Morgan fingerprint density at radius 2 is 2.11 bits per heavy atom. The van der Waals surface area contributed by atoms with Crippen molar-refractivity contribution in [3.05, 3.63) is 39.5 Å². The van der Waals surface area contributed by atoms with Crippen LogP contribution in [0.15, 0.2) is 11.6 Å². The molecule has 0 bridgehead atoms. The van der Waals surface area contributed by atoms with Gasteiger partial charge in [0.25, 0.3) is 0 Å². The monoisotopic (exact) mass is 372 g/mol. The number of hydrogen-bond acceptors (Lipinski definition) is 5. The van der Waals surface area contributed by atoms with Crippen LogP contribution in [-0.4, -0.2) is 23.7 Å². The number of esters is 2. The van der Waals surface area contributed by atoms with E-state index >= 15 is 0 Å². The standard InChI is InChI=1S/C22H28O5/c1-4-16-13(3)18-12-27-22(25)20(18)21(24)17(16)10-9-14-7-6-8-15(14)11-19(23)26-5-2/h9,15,24H,4-8,10-12H2,1-3H3/b14-9+/t15-/m0/s1. The van der Waals surface area contributed by atoms with Crippen molar-refractivity contribution in [1.82, 2.24) is 0 Å². The number of benzene rings is 1. The van der Waals surface area contributed by atoms with E-state index in [4.69, 9.17) is 9.47 Å². The Morgan fingerprint density at radius 1 is 1.33 bits per heavy atom. The number of fused-ring (bicyclic) bond motifs is 1. The Kier molecular flexibility index (Phi) is 5.88. The van der Waals surface area contributed by atoms with Gasteiger partial charge in [-0.05, 0) is 63.0 Å². The first-order valence-corrected chi connectivity index (χ1v) is 9.85. The summed E-state index contributed by atoms with van der Waals surface area (Å²) in [6.07, 6.45) is 6.93. The number of phenolic OH excluding ortho intramolecular Hbond substituents is 1. The second-order valence-corrected chi connectivity index (χ2v) is 7.30. The van der Waals surface area contributed by atoms with Gasteiger partial charge in [0.15, 0.2) is 0 Å². The lowest BCUT2D eigenvalue weighted by Gasteiger charge is -2.17. The highest BCUT2D eigenvalue weighted by molar-refractivity contribution is 5.97. The van der Waals surface area contributed by atoms with E-state index in [1.807, 2.05) is 13.8 Å². The fourth-order valence-corrected chi connectivity index (χ4v) is 4.44. The summed E-state index contributed by atoms with van der Waals surface area (Å²) in [4.78, 5) is 23.9. The zero-order chi connectivity index (χ0) is 19.6. The van der Waals surface area contributed by atoms with Gasteiger partial charge < -0.3 is 14.6 Å². The molecule has 3 rings (SSSR count). The highest BCUT2D eigenvalue weighted by Gasteiger charge is 2.31. The third kappa shape index (κ3) is 3.73. The molecule has 5 heteroatoms. The van der Waals surface area contributed by atoms with Gasteiger partial charge in [0.1, 0.15) is 17.9 Å². The number of carbonyl (C=O) groups is 2. The number of cyclic esters (lactones) is 1. The average Bonchev–Trinajstić information content (AvgIpc) is 3.23. The quantitative estimate of drug-likeness (QED) is 0.600. The van der Waals surface area contributed by atoms with Crippen LogP contribution < -0.4 is 0 Å². The largest absolute Gasteiger partial charge is 0.507 e. The number of hydrogen-bond donors (Lipinski definition) is 1. The second kappa shape index (κ2) is 8.15. The summed E-state index contributed by atoms with van der Waals surface area (Å²) < 4.78 is 10.2. The van der Waals surface area contributed by atoms with Gasteiger partial charge in [-0.25, -0.2) is 4.79 Å². The maximum Gasteiger partial charge on any atom is 0.342 e. The van der Waals surface area contributed by atoms with Crippen LogP contribution in [0.3, 0.4) is 0 Å². The maximum atomic E-state index is 12.0. The van der Waals surface area contributed by atoms with Crippen LogP contribution in [0.5, 0.6) is 5.75 Å². The summed E-state index contributed by atoms with van der Waals surface area (Å²) in [7, 11) is 0. The van der Waals surface area contributed by atoms with Crippen molar-refractivity contribution in [2.75, 3.05) is 6.61 Å². The van der Waals surface area contributed by atoms with Crippen LogP contribution in [0.2, 0.25) is 0 Å². The summed E-state index contributed by atoms with van der Waals surface area (Å²) in [5, 5.41) is 10.8. The second-order valence-electron chi connectivity index (χ2n) is 7.30. The SMILES string of the molecule is CCOC(=O)C[C@@H]1CCC/C1=C\Cc1c(O)c2c(c(C)c1CC)COC2=O. The normalized spacial score (nSPS) is 20.0. The van der Waals surface area contributed by atoms with E-state index in [9.17, 15) is 14.7 Å². The van der Waals surface area contributed by atoms with Crippen LogP contribution >= 0.6 is 0 Å². The number of aromatic hydroxyl groups is 1. The minimum atomic E-state index is -0.441. The number of phenols is 1. The van der Waals surface area contributed by atoms with Crippen molar-refractivity contribution in [2.24, 2.45) is 5.92 Å². The predicted octanol–water partition coefficient (Wildman–Crippen LogP) is 4.16. The van der Waals surface area contributed by atoms with E-state index in [-0.39, 0.29) is 24.2 Å². The molecule has 0 aromatic heterocycles.